The highest BCUT2D eigenvalue weighted by Crippen LogP contribution is 2.22. The number of benzene rings is 3. The first-order chi connectivity index (χ1) is 14.7. The molecule has 0 unspecified atom stereocenters. The van der Waals surface area contributed by atoms with Gasteiger partial charge in [-0.2, -0.15) is 9.67 Å². The van der Waals surface area contributed by atoms with E-state index in [1.807, 2.05) is 79.7 Å². The van der Waals surface area contributed by atoms with Crippen LogP contribution >= 0.6 is 0 Å². The summed E-state index contributed by atoms with van der Waals surface area (Å²) < 4.78 is 6.56. The molecule has 0 aliphatic carbocycles. The maximum Gasteiger partial charge on any atom is 0.281 e. The molecule has 0 radical (unpaired) electrons. The van der Waals surface area contributed by atoms with E-state index in [4.69, 9.17) is 4.74 Å². The Balaban J connectivity index is 1.71. The molecule has 0 fully saturated rings. The van der Waals surface area contributed by atoms with Gasteiger partial charge in [0.1, 0.15) is 5.75 Å². The number of nitrogens with zero attached hydrogens (tertiary/aromatic N) is 3. The third-order valence-electron chi connectivity index (χ3n) is 4.82. The molecule has 30 heavy (non-hydrogen) atoms. The van der Waals surface area contributed by atoms with Gasteiger partial charge in [-0.05, 0) is 48.4 Å². The zero-order valence-electron chi connectivity index (χ0n) is 16.9. The summed E-state index contributed by atoms with van der Waals surface area (Å²) in [6.45, 7) is 2.44. The van der Waals surface area contributed by atoms with Gasteiger partial charge in [-0.15, -0.1) is 5.10 Å². The lowest BCUT2D eigenvalue weighted by Crippen LogP contribution is -2.18. The summed E-state index contributed by atoms with van der Waals surface area (Å²) >= 11 is 0. The molecule has 0 saturated carbocycles. The largest absolute Gasteiger partial charge is 0.497 e. The van der Waals surface area contributed by atoms with Crippen molar-refractivity contribution >= 4 is 11.9 Å². The molecular formula is C24H22N4O2. The molecule has 6 nitrogen and oxygen atoms in total. The molecule has 3 aromatic carbocycles. The number of nitrogens with one attached hydrogen (secondary N) is 1. The molecule has 0 aliphatic heterocycles. The lowest BCUT2D eigenvalue weighted by molar-refractivity contribution is 0.0947. The van der Waals surface area contributed by atoms with E-state index in [1.54, 1.807) is 13.2 Å². The summed E-state index contributed by atoms with van der Waals surface area (Å²) in [5, 5.41) is 7.77. The molecule has 4 rings (SSSR count). The summed E-state index contributed by atoms with van der Waals surface area (Å²) in [7, 11) is 1.62. The van der Waals surface area contributed by atoms with Gasteiger partial charge in [0.05, 0.1) is 7.11 Å². The van der Waals surface area contributed by atoms with Crippen LogP contribution in [0.25, 0.3) is 11.4 Å². The van der Waals surface area contributed by atoms with E-state index < -0.39 is 0 Å². The predicted octanol–water partition coefficient (Wildman–Crippen LogP) is 4.56. The zero-order valence-corrected chi connectivity index (χ0v) is 16.9. The summed E-state index contributed by atoms with van der Waals surface area (Å²) in [5.41, 5.74) is 3.36. The number of aromatic nitrogens is 3. The molecular weight excluding hydrogens is 376 g/mol. The molecule has 1 N–H and O–H groups in total. The molecule has 1 heterocycles. The van der Waals surface area contributed by atoms with Gasteiger partial charge in [-0.1, -0.05) is 48.5 Å². The van der Waals surface area contributed by atoms with Crippen molar-refractivity contribution in [1.82, 2.24) is 14.8 Å². The summed E-state index contributed by atoms with van der Waals surface area (Å²) in [4.78, 5) is 17.9. The maximum atomic E-state index is 13.2. The van der Waals surface area contributed by atoms with Crippen molar-refractivity contribution in [2.24, 2.45) is 0 Å². The maximum absolute atomic E-state index is 13.2. The number of carbonyl (C=O) groups is 1. The summed E-state index contributed by atoms with van der Waals surface area (Å²) in [5.74, 6) is 1.39. The van der Waals surface area contributed by atoms with Gasteiger partial charge in [0.25, 0.3) is 5.91 Å². The number of anilines is 1. The number of carbonyl (C=O) groups excluding carboxylic acids is 1. The summed E-state index contributed by atoms with van der Waals surface area (Å²) in [6.07, 6.45) is 0. The fourth-order valence-electron chi connectivity index (χ4n) is 3.13. The predicted molar refractivity (Wildman–Crippen MR) is 117 cm³/mol. The van der Waals surface area contributed by atoms with E-state index in [0.29, 0.717) is 23.9 Å². The van der Waals surface area contributed by atoms with E-state index in [0.717, 1.165) is 22.4 Å². The first kappa shape index (κ1) is 19.4. The molecule has 0 saturated heterocycles. The zero-order chi connectivity index (χ0) is 20.9. The van der Waals surface area contributed by atoms with E-state index in [9.17, 15) is 4.79 Å². The van der Waals surface area contributed by atoms with Crippen LogP contribution in [0.5, 0.6) is 5.75 Å². The Morgan fingerprint density at radius 1 is 0.967 bits per heavy atom. The van der Waals surface area contributed by atoms with E-state index >= 15 is 0 Å². The smallest absolute Gasteiger partial charge is 0.281 e. The molecule has 0 amide bonds. The lowest BCUT2D eigenvalue weighted by Gasteiger charge is -2.08. The topological polar surface area (TPSA) is 69.0 Å². The Morgan fingerprint density at radius 3 is 2.37 bits per heavy atom. The van der Waals surface area contributed by atoms with Crippen molar-refractivity contribution in [3.05, 3.63) is 95.6 Å². The standard InChI is InChI=1S/C24H22N4O2/c1-17-8-6-7-11-21(17)23(29)28-24(25-16-18-9-4-3-5-10-18)26-22(27-28)19-12-14-20(30-2)15-13-19/h3-15H,16H2,1-2H3,(H,25,26,27). The molecule has 0 aliphatic rings. The number of hydrogen-bond acceptors (Lipinski definition) is 5. The Labute approximate surface area is 175 Å². The molecule has 0 spiro atoms. The van der Waals surface area contributed by atoms with Crippen LogP contribution in [-0.4, -0.2) is 27.8 Å². The minimum atomic E-state index is -0.226. The fraction of sp³-hybridized carbons (Fsp3) is 0.125. The van der Waals surface area contributed by atoms with Crippen molar-refractivity contribution in [3.8, 4) is 17.1 Å². The second-order valence-electron chi connectivity index (χ2n) is 6.86. The highest BCUT2D eigenvalue weighted by molar-refractivity contribution is 5.98. The molecule has 4 aromatic rings. The second kappa shape index (κ2) is 8.61. The fourth-order valence-corrected chi connectivity index (χ4v) is 3.13. The van der Waals surface area contributed by atoms with Crippen LogP contribution in [0.3, 0.4) is 0 Å². The number of hydrogen-bond donors (Lipinski definition) is 1. The Bertz CT molecular complexity index is 1150. The normalized spacial score (nSPS) is 10.6. The van der Waals surface area contributed by atoms with Crippen LogP contribution in [0.15, 0.2) is 78.9 Å². The van der Waals surface area contributed by atoms with E-state index in [1.165, 1.54) is 4.68 Å². The van der Waals surface area contributed by atoms with Crippen molar-refractivity contribution in [2.75, 3.05) is 12.4 Å². The van der Waals surface area contributed by atoms with E-state index in [2.05, 4.69) is 15.4 Å². The molecule has 0 atom stereocenters. The SMILES string of the molecule is COc1ccc(-c2nc(NCc3ccccc3)n(C(=O)c3ccccc3C)n2)cc1. The highest BCUT2D eigenvalue weighted by atomic mass is 16.5. The average Bonchev–Trinajstić information content (AvgIpc) is 3.22. The number of ether oxygens (including phenoxy) is 1. The van der Waals surface area contributed by atoms with Crippen LogP contribution in [0.4, 0.5) is 5.95 Å². The van der Waals surface area contributed by atoms with E-state index in [-0.39, 0.29) is 5.91 Å². The quantitative estimate of drug-likeness (QED) is 0.516. The third kappa shape index (κ3) is 4.07. The van der Waals surface area contributed by atoms with Crippen molar-refractivity contribution in [3.63, 3.8) is 0 Å². The minimum Gasteiger partial charge on any atom is -0.497 e. The van der Waals surface area contributed by atoms with Crippen molar-refractivity contribution in [2.45, 2.75) is 13.5 Å². The van der Waals surface area contributed by atoms with Crippen molar-refractivity contribution in [1.29, 1.82) is 0 Å². The third-order valence-corrected chi connectivity index (χ3v) is 4.82. The molecule has 1 aromatic heterocycles. The first-order valence-electron chi connectivity index (χ1n) is 9.65. The monoisotopic (exact) mass is 398 g/mol. The van der Waals surface area contributed by atoms with Gasteiger partial charge >= 0.3 is 0 Å². The Hall–Kier alpha value is -3.93. The van der Waals surface area contributed by atoms with Crippen LogP contribution in [0, 0.1) is 6.92 Å². The average molecular weight is 398 g/mol. The molecule has 6 heteroatoms. The number of rotatable bonds is 6. The molecule has 0 bridgehead atoms. The van der Waals surface area contributed by atoms with Crippen LogP contribution < -0.4 is 10.1 Å². The minimum absolute atomic E-state index is 0.226. The number of aryl methyl sites for hydroxylation is 1. The van der Waals surface area contributed by atoms with Crippen LogP contribution in [-0.2, 0) is 6.54 Å². The van der Waals surface area contributed by atoms with Gasteiger partial charge in [0.2, 0.25) is 5.95 Å². The first-order valence-corrected chi connectivity index (χ1v) is 9.65. The summed E-state index contributed by atoms with van der Waals surface area (Å²) in [6, 6.07) is 24.8. The van der Waals surface area contributed by atoms with Crippen molar-refractivity contribution < 1.29 is 9.53 Å². The van der Waals surface area contributed by atoms with Crippen LogP contribution in [0.1, 0.15) is 21.5 Å². The lowest BCUT2D eigenvalue weighted by atomic mass is 10.1. The van der Waals surface area contributed by atoms with Gasteiger partial charge in [-0.3, -0.25) is 4.79 Å². The Morgan fingerprint density at radius 2 is 1.67 bits per heavy atom. The highest BCUT2D eigenvalue weighted by Gasteiger charge is 2.20. The van der Waals surface area contributed by atoms with Gasteiger partial charge in [0.15, 0.2) is 5.82 Å². The number of methoxy groups -OCH3 is 1. The van der Waals surface area contributed by atoms with Crippen LogP contribution in [0.2, 0.25) is 0 Å². The second-order valence-corrected chi connectivity index (χ2v) is 6.86. The molecule has 150 valence electrons. The van der Waals surface area contributed by atoms with Gasteiger partial charge in [-0.25, -0.2) is 0 Å². The van der Waals surface area contributed by atoms with Gasteiger partial charge < -0.3 is 10.1 Å². The Kier molecular flexibility index (Phi) is 5.57. The van der Waals surface area contributed by atoms with Gasteiger partial charge in [0, 0.05) is 17.7 Å².